The maximum absolute atomic E-state index is 12.0. The summed E-state index contributed by atoms with van der Waals surface area (Å²) >= 11 is 0. The third kappa shape index (κ3) is 2.20. The molecule has 1 saturated heterocycles. The molecule has 2 aromatic rings. The maximum Gasteiger partial charge on any atom is 0.358 e. The molecule has 5 heteroatoms. The van der Waals surface area contributed by atoms with Crippen LogP contribution >= 0.6 is 0 Å². The zero-order valence-corrected chi connectivity index (χ0v) is 11.3. The van der Waals surface area contributed by atoms with Gasteiger partial charge in [-0.3, -0.25) is 0 Å². The number of rotatable bonds is 2. The lowest BCUT2D eigenvalue weighted by Gasteiger charge is -2.30. The number of hydrogen-bond donors (Lipinski definition) is 0. The highest BCUT2D eigenvalue weighted by Crippen LogP contribution is 2.30. The predicted octanol–water partition coefficient (Wildman–Crippen LogP) is 1.86. The minimum absolute atomic E-state index is 0.369. The lowest BCUT2D eigenvalue weighted by Crippen LogP contribution is -2.37. The maximum atomic E-state index is 12.0. The van der Waals surface area contributed by atoms with Crippen molar-refractivity contribution in [3.63, 3.8) is 0 Å². The van der Waals surface area contributed by atoms with Crippen molar-refractivity contribution in [2.45, 2.75) is 0 Å². The SMILES string of the molecule is COC(=O)c1ncc2ccccc2c1N1CCOCC1. The fraction of sp³-hybridized carbons (Fsp3) is 0.333. The summed E-state index contributed by atoms with van der Waals surface area (Å²) < 4.78 is 10.2. The molecule has 0 N–H and O–H groups in total. The first kappa shape index (κ1) is 12.9. The van der Waals surface area contributed by atoms with Gasteiger partial charge < -0.3 is 14.4 Å². The number of benzene rings is 1. The summed E-state index contributed by atoms with van der Waals surface area (Å²) in [4.78, 5) is 18.4. The van der Waals surface area contributed by atoms with Crippen LogP contribution in [-0.4, -0.2) is 44.4 Å². The monoisotopic (exact) mass is 272 g/mol. The van der Waals surface area contributed by atoms with Crippen molar-refractivity contribution in [1.29, 1.82) is 0 Å². The van der Waals surface area contributed by atoms with Crippen LogP contribution in [-0.2, 0) is 9.47 Å². The van der Waals surface area contributed by atoms with Gasteiger partial charge in [0.05, 0.1) is 26.0 Å². The highest BCUT2D eigenvalue weighted by atomic mass is 16.5. The van der Waals surface area contributed by atoms with E-state index in [0.29, 0.717) is 18.9 Å². The quantitative estimate of drug-likeness (QED) is 0.781. The number of anilines is 1. The second-order valence-electron chi connectivity index (χ2n) is 4.63. The van der Waals surface area contributed by atoms with E-state index in [2.05, 4.69) is 9.88 Å². The highest BCUT2D eigenvalue weighted by molar-refractivity contribution is 6.04. The van der Waals surface area contributed by atoms with Gasteiger partial charge in [0.1, 0.15) is 0 Å². The standard InChI is InChI=1S/C15H16N2O3/c1-19-15(18)13-14(17-6-8-20-9-7-17)12-5-3-2-4-11(12)10-16-13/h2-5,10H,6-9H2,1H3. The molecular formula is C15H16N2O3. The number of morpholine rings is 1. The number of hydrogen-bond acceptors (Lipinski definition) is 5. The predicted molar refractivity (Wildman–Crippen MR) is 76.1 cm³/mol. The van der Waals surface area contributed by atoms with Crippen molar-refractivity contribution in [3.8, 4) is 0 Å². The Bertz CT molecular complexity index is 636. The fourth-order valence-electron chi connectivity index (χ4n) is 2.50. The Morgan fingerprint density at radius 2 is 2.05 bits per heavy atom. The Balaban J connectivity index is 2.19. The Morgan fingerprint density at radius 1 is 1.30 bits per heavy atom. The summed E-state index contributed by atoms with van der Waals surface area (Å²) in [6, 6.07) is 7.93. The molecule has 5 nitrogen and oxygen atoms in total. The first-order valence-electron chi connectivity index (χ1n) is 6.60. The summed E-state index contributed by atoms with van der Waals surface area (Å²) in [5.41, 5.74) is 1.21. The molecule has 0 bridgehead atoms. The van der Waals surface area contributed by atoms with E-state index in [-0.39, 0.29) is 0 Å². The second-order valence-corrected chi connectivity index (χ2v) is 4.63. The summed E-state index contributed by atoms with van der Waals surface area (Å²) in [7, 11) is 1.38. The van der Waals surface area contributed by atoms with Crippen LogP contribution in [0.2, 0.25) is 0 Å². The lowest BCUT2D eigenvalue weighted by atomic mass is 10.1. The minimum Gasteiger partial charge on any atom is -0.464 e. The van der Waals surface area contributed by atoms with Gasteiger partial charge in [0.2, 0.25) is 0 Å². The van der Waals surface area contributed by atoms with Crippen molar-refractivity contribution < 1.29 is 14.3 Å². The van der Waals surface area contributed by atoms with Crippen molar-refractivity contribution in [3.05, 3.63) is 36.2 Å². The fourth-order valence-corrected chi connectivity index (χ4v) is 2.50. The molecular weight excluding hydrogens is 256 g/mol. The number of methoxy groups -OCH3 is 1. The van der Waals surface area contributed by atoms with Gasteiger partial charge in [-0.2, -0.15) is 0 Å². The molecule has 1 fully saturated rings. The molecule has 104 valence electrons. The average Bonchev–Trinajstić information content (AvgIpc) is 2.53. The van der Waals surface area contributed by atoms with Gasteiger partial charge in [0.15, 0.2) is 5.69 Å². The van der Waals surface area contributed by atoms with E-state index in [1.807, 2.05) is 24.3 Å². The van der Waals surface area contributed by atoms with Crippen LogP contribution in [0.15, 0.2) is 30.5 Å². The van der Waals surface area contributed by atoms with Crippen molar-refractivity contribution in [2.75, 3.05) is 38.3 Å². The molecule has 1 aliphatic heterocycles. The third-order valence-corrected chi connectivity index (χ3v) is 3.48. The molecule has 1 aromatic carbocycles. The van der Waals surface area contributed by atoms with Crippen molar-refractivity contribution in [1.82, 2.24) is 4.98 Å². The van der Waals surface area contributed by atoms with E-state index in [4.69, 9.17) is 9.47 Å². The molecule has 20 heavy (non-hydrogen) atoms. The van der Waals surface area contributed by atoms with Gasteiger partial charge in [-0.25, -0.2) is 9.78 Å². The molecule has 0 aliphatic carbocycles. The normalized spacial score (nSPS) is 15.3. The number of pyridine rings is 1. The molecule has 0 unspecified atom stereocenters. The molecule has 1 aromatic heterocycles. The number of ether oxygens (including phenoxy) is 2. The van der Waals surface area contributed by atoms with Crippen LogP contribution in [0.4, 0.5) is 5.69 Å². The van der Waals surface area contributed by atoms with E-state index < -0.39 is 5.97 Å². The summed E-state index contributed by atoms with van der Waals surface area (Å²) in [6.45, 7) is 2.81. The van der Waals surface area contributed by atoms with Gasteiger partial charge in [-0.15, -0.1) is 0 Å². The topological polar surface area (TPSA) is 51.7 Å². The second kappa shape index (κ2) is 5.46. The first-order chi connectivity index (χ1) is 9.81. The summed E-state index contributed by atoms with van der Waals surface area (Å²) in [5, 5.41) is 2.03. The Hall–Kier alpha value is -2.14. The van der Waals surface area contributed by atoms with Crippen molar-refractivity contribution in [2.24, 2.45) is 0 Å². The van der Waals surface area contributed by atoms with E-state index >= 15 is 0 Å². The number of carbonyl (C=O) groups is 1. The molecule has 0 atom stereocenters. The summed E-state index contributed by atoms with van der Waals surface area (Å²) in [5.74, 6) is -0.405. The van der Waals surface area contributed by atoms with Crippen LogP contribution in [0.25, 0.3) is 10.8 Å². The van der Waals surface area contributed by atoms with Gasteiger partial charge in [0, 0.05) is 30.1 Å². The average molecular weight is 272 g/mol. The molecule has 3 rings (SSSR count). The van der Waals surface area contributed by atoms with E-state index in [1.54, 1.807) is 6.20 Å². The zero-order chi connectivity index (χ0) is 13.9. The highest BCUT2D eigenvalue weighted by Gasteiger charge is 2.23. The van der Waals surface area contributed by atoms with E-state index in [0.717, 1.165) is 29.5 Å². The lowest BCUT2D eigenvalue weighted by molar-refractivity contribution is 0.0594. The van der Waals surface area contributed by atoms with Gasteiger partial charge in [-0.05, 0) is 0 Å². The van der Waals surface area contributed by atoms with Crippen LogP contribution in [0.1, 0.15) is 10.5 Å². The minimum atomic E-state index is -0.405. The van der Waals surface area contributed by atoms with Crippen LogP contribution in [0.3, 0.4) is 0 Å². The molecule has 2 heterocycles. The Morgan fingerprint density at radius 3 is 2.80 bits per heavy atom. The molecule has 0 amide bonds. The van der Waals surface area contributed by atoms with Crippen LogP contribution < -0.4 is 4.90 Å². The largest absolute Gasteiger partial charge is 0.464 e. The Labute approximate surface area is 117 Å². The van der Waals surface area contributed by atoms with E-state index in [1.165, 1.54) is 7.11 Å². The molecule has 1 aliphatic rings. The van der Waals surface area contributed by atoms with Crippen LogP contribution in [0, 0.1) is 0 Å². The zero-order valence-electron chi connectivity index (χ0n) is 11.3. The number of aromatic nitrogens is 1. The molecule has 0 saturated carbocycles. The molecule has 0 radical (unpaired) electrons. The number of esters is 1. The van der Waals surface area contributed by atoms with Gasteiger partial charge in [-0.1, -0.05) is 24.3 Å². The number of nitrogens with zero attached hydrogens (tertiary/aromatic N) is 2. The number of fused-ring (bicyclic) bond motifs is 1. The number of carbonyl (C=O) groups excluding carboxylic acids is 1. The van der Waals surface area contributed by atoms with E-state index in [9.17, 15) is 4.79 Å². The van der Waals surface area contributed by atoms with Gasteiger partial charge >= 0.3 is 5.97 Å². The van der Waals surface area contributed by atoms with Crippen LogP contribution in [0.5, 0.6) is 0 Å². The van der Waals surface area contributed by atoms with Crippen molar-refractivity contribution >= 4 is 22.4 Å². The Kier molecular flexibility index (Phi) is 3.52. The first-order valence-corrected chi connectivity index (χ1v) is 6.60. The summed E-state index contributed by atoms with van der Waals surface area (Å²) in [6.07, 6.45) is 1.71. The third-order valence-electron chi connectivity index (χ3n) is 3.48. The smallest absolute Gasteiger partial charge is 0.358 e. The molecule has 0 spiro atoms. The van der Waals surface area contributed by atoms with Gasteiger partial charge in [0.25, 0.3) is 0 Å².